The fraction of sp³-hybridized carbons (Fsp3) is 0.306. The monoisotopic (exact) mass is 622 g/mol. The summed E-state index contributed by atoms with van der Waals surface area (Å²) >= 11 is 6.32. The summed E-state index contributed by atoms with van der Waals surface area (Å²) in [6.45, 7) is 6.98. The van der Waals surface area contributed by atoms with Crippen molar-refractivity contribution in [1.82, 2.24) is 9.80 Å². The molecule has 4 aromatic carbocycles. The molecule has 44 heavy (non-hydrogen) atoms. The van der Waals surface area contributed by atoms with Gasteiger partial charge in [-0.2, -0.15) is 13.2 Å². The normalized spacial score (nSPS) is 11.6. The summed E-state index contributed by atoms with van der Waals surface area (Å²) in [6.07, 6.45) is -3.90. The molecule has 0 fully saturated rings. The van der Waals surface area contributed by atoms with E-state index in [0.29, 0.717) is 56.1 Å². The Morgan fingerprint density at radius 2 is 1.41 bits per heavy atom. The molecule has 4 aromatic rings. The van der Waals surface area contributed by atoms with Crippen LogP contribution in [0.2, 0.25) is 5.02 Å². The minimum atomic E-state index is -4.53. The van der Waals surface area contributed by atoms with Gasteiger partial charge in [0.25, 0.3) is 5.91 Å². The van der Waals surface area contributed by atoms with Crippen LogP contribution in [0.5, 0.6) is 5.75 Å². The van der Waals surface area contributed by atoms with Crippen molar-refractivity contribution in [3.8, 4) is 5.75 Å². The van der Waals surface area contributed by atoms with E-state index in [2.05, 4.69) is 29.2 Å². The maximum absolute atomic E-state index is 13.6. The van der Waals surface area contributed by atoms with Gasteiger partial charge in [0.15, 0.2) is 0 Å². The first kappa shape index (κ1) is 33.1. The molecule has 0 aliphatic heterocycles. The number of hydrogen-bond donors (Lipinski definition) is 0. The predicted molar refractivity (Wildman–Crippen MR) is 170 cm³/mol. The van der Waals surface area contributed by atoms with E-state index in [1.54, 1.807) is 35.2 Å². The highest BCUT2D eigenvalue weighted by Gasteiger charge is 2.34. The zero-order chi connectivity index (χ0) is 31.5. The summed E-state index contributed by atoms with van der Waals surface area (Å²) < 4.78 is 46.9. The van der Waals surface area contributed by atoms with Crippen molar-refractivity contribution in [3.05, 3.63) is 136 Å². The third-order valence-electron chi connectivity index (χ3n) is 7.66. The first-order chi connectivity index (χ1) is 21.2. The van der Waals surface area contributed by atoms with Gasteiger partial charge < -0.3 is 9.64 Å². The van der Waals surface area contributed by atoms with E-state index in [-0.39, 0.29) is 23.4 Å². The van der Waals surface area contributed by atoms with Crippen LogP contribution in [-0.2, 0) is 12.7 Å². The molecule has 0 aliphatic carbocycles. The Labute approximate surface area is 263 Å². The highest BCUT2D eigenvalue weighted by Crippen LogP contribution is 2.37. The first-order valence-electron chi connectivity index (χ1n) is 14.9. The molecule has 4 rings (SSSR count). The first-order valence-corrected chi connectivity index (χ1v) is 15.3. The molecule has 0 bridgehead atoms. The number of ether oxygens (including phenoxy) is 1. The summed E-state index contributed by atoms with van der Waals surface area (Å²) in [4.78, 5) is 16.5. The van der Waals surface area contributed by atoms with Gasteiger partial charge in [0.05, 0.1) is 17.2 Å². The van der Waals surface area contributed by atoms with Crippen LogP contribution in [0.1, 0.15) is 58.8 Å². The Balaban J connectivity index is 1.50. The van der Waals surface area contributed by atoms with Crippen LogP contribution in [-0.4, -0.2) is 48.5 Å². The molecule has 232 valence electrons. The highest BCUT2D eigenvalue weighted by molar-refractivity contribution is 6.32. The summed E-state index contributed by atoms with van der Waals surface area (Å²) in [6, 6.07) is 31.4. The molecule has 0 N–H and O–H groups in total. The number of hydrogen-bond acceptors (Lipinski definition) is 3. The molecule has 0 saturated heterocycles. The molecule has 8 heteroatoms. The molecule has 1 amide bonds. The second-order valence-electron chi connectivity index (χ2n) is 10.6. The Hall–Kier alpha value is -3.81. The fourth-order valence-corrected chi connectivity index (χ4v) is 5.59. The molecule has 0 aliphatic rings. The van der Waals surface area contributed by atoms with Crippen LogP contribution < -0.4 is 4.74 Å². The zero-order valence-electron chi connectivity index (χ0n) is 25.1. The SMILES string of the molecule is CCN(CC)C(=O)c1ccc(OCCCN(Cc2cccc(C(F)(F)F)c2Cl)CC(c2ccccc2)c2ccccc2)cc1. The molecule has 0 spiro atoms. The van der Waals surface area contributed by atoms with Gasteiger partial charge in [-0.15, -0.1) is 0 Å². The van der Waals surface area contributed by atoms with Crippen molar-refractivity contribution in [1.29, 1.82) is 0 Å². The standard InChI is InChI=1S/C36H38ClF3N2O2/c1-3-42(4-2)35(43)29-19-21-31(22-20-29)44-24-12-23-41(25-30-17-11-18-33(34(30)37)36(38,39)40)26-32(27-13-7-5-8-14-27)28-15-9-6-10-16-28/h5-11,13-22,32H,3-4,12,23-26H2,1-2H3. The van der Waals surface area contributed by atoms with Crippen LogP contribution in [0.15, 0.2) is 103 Å². The summed E-state index contributed by atoms with van der Waals surface area (Å²) in [5.74, 6) is 0.635. The van der Waals surface area contributed by atoms with E-state index < -0.39 is 11.7 Å². The van der Waals surface area contributed by atoms with E-state index >= 15 is 0 Å². The van der Waals surface area contributed by atoms with Crippen LogP contribution in [0, 0.1) is 0 Å². The molecular weight excluding hydrogens is 585 g/mol. The molecule has 0 unspecified atom stereocenters. The lowest BCUT2D eigenvalue weighted by Gasteiger charge is -2.29. The lowest BCUT2D eigenvalue weighted by atomic mass is 9.90. The average molecular weight is 623 g/mol. The quantitative estimate of drug-likeness (QED) is 0.132. The summed E-state index contributed by atoms with van der Waals surface area (Å²) in [7, 11) is 0. The topological polar surface area (TPSA) is 32.8 Å². The van der Waals surface area contributed by atoms with Crippen molar-refractivity contribution in [2.75, 3.05) is 32.8 Å². The Morgan fingerprint density at radius 3 is 1.95 bits per heavy atom. The van der Waals surface area contributed by atoms with E-state index in [1.807, 2.05) is 50.2 Å². The van der Waals surface area contributed by atoms with Crippen molar-refractivity contribution >= 4 is 17.5 Å². The number of rotatable bonds is 14. The molecule has 0 radical (unpaired) electrons. The van der Waals surface area contributed by atoms with Crippen LogP contribution in [0.4, 0.5) is 13.2 Å². The predicted octanol–water partition coefficient (Wildman–Crippen LogP) is 8.94. The van der Waals surface area contributed by atoms with Gasteiger partial charge in [-0.25, -0.2) is 0 Å². The van der Waals surface area contributed by atoms with Crippen molar-refractivity contribution < 1.29 is 22.7 Å². The number of carbonyl (C=O) groups is 1. The fourth-order valence-electron chi connectivity index (χ4n) is 5.29. The minimum absolute atomic E-state index is 0.00113. The molecule has 4 nitrogen and oxygen atoms in total. The van der Waals surface area contributed by atoms with Gasteiger partial charge in [-0.1, -0.05) is 84.4 Å². The van der Waals surface area contributed by atoms with E-state index in [9.17, 15) is 18.0 Å². The smallest absolute Gasteiger partial charge is 0.417 e. The second-order valence-corrected chi connectivity index (χ2v) is 11.0. The highest BCUT2D eigenvalue weighted by atomic mass is 35.5. The van der Waals surface area contributed by atoms with Gasteiger partial charge in [-0.3, -0.25) is 9.69 Å². The molecular formula is C36H38ClF3N2O2. The number of nitrogens with zero attached hydrogens (tertiary/aromatic N) is 2. The second kappa shape index (κ2) is 15.8. The Bertz CT molecular complexity index is 1420. The molecule has 0 heterocycles. The van der Waals surface area contributed by atoms with E-state index in [0.717, 1.165) is 17.2 Å². The lowest BCUT2D eigenvalue weighted by Crippen LogP contribution is -2.31. The maximum atomic E-state index is 13.6. The molecule has 0 atom stereocenters. The third-order valence-corrected chi connectivity index (χ3v) is 8.11. The van der Waals surface area contributed by atoms with Crippen LogP contribution in [0.3, 0.4) is 0 Å². The molecule has 0 aromatic heterocycles. The van der Waals surface area contributed by atoms with Crippen molar-refractivity contribution in [2.45, 2.75) is 38.9 Å². The largest absolute Gasteiger partial charge is 0.494 e. The average Bonchev–Trinajstić information content (AvgIpc) is 3.03. The Kier molecular flexibility index (Phi) is 11.9. The number of alkyl halides is 3. The molecule has 0 saturated carbocycles. The summed E-state index contributed by atoms with van der Waals surface area (Å²) in [5, 5.41) is -0.267. The van der Waals surface area contributed by atoms with Gasteiger partial charge in [0.1, 0.15) is 5.75 Å². The third kappa shape index (κ3) is 8.87. The summed E-state index contributed by atoms with van der Waals surface area (Å²) in [5.41, 5.74) is 2.45. The maximum Gasteiger partial charge on any atom is 0.417 e. The van der Waals surface area contributed by atoms with Crippen LogP contribution >= 0.6 is 11.6 Å². The number of halogens is 4. The number of amides is 1. The van der Waals surface area contributed by atoms with Crippen molar-refractivity contribution in [3.63, 3.8) is 0 Å². The van der Waals surface area contributed by atoms with Crippen molar-refractivity contribution in [2.24, 2.45) is 0 Å². The van der Waals surface area contributed by atoms with E-state index in [4.69, 9.17) is 16.3 Å². The van der Waals surface area contributed by atoms with E-state index in [1.165, 1.54) is 6.07 Å². The van der Waals surface area contributed by atoms with Gasteiger partial charge >= 0.3 is 6.18 Å². The number of benzene rings is 4. The van der Waals surface area contributed by atoms with Gasteiger partial charge in [0.2, 0.25) is 0 Å². The van der Waals surface area contributed by atoms with Crippen LogP contribution in [0.25, 0.3) is 0 Å². The van der Waals surface area contributed by atoms with Gasteiger partial charge in [-0.05, 0) is 67.3 Å². The Morgan fingerprint density at radius 1 is 0.818 bits per heavy atom. The minimum Gasteiger partial charge on any atom is -0.494 e. The number of carbonyl (C=O) groups excluding carboxylic acids is 1. The zero-order valence-corrected chi connectivity index (χ0v) is 25.8. The van der Waals surface area contributed by atoms with Gasteiger partial charge in [0, 0.05) is 44.2 Å². The lowest BCUT2D eigenvalue weighted by molar-refractivity contribution is -0.137.